The Balaban J connectivity index is 2.46. The molecule has 0 spiro atoms. The van der Waals surface area contributed by atoms with Crippen molar-refractivity contribution in [3.63, 3.8) is 0 Å². The van der Waals surface area contributed by atoms with Crippen LogP contribution in [0, 0.1) is 5.92 Å². The van der Waals surface area contributed by atoms with E-state index in [1.165, 1.54) is 0 Å². The molecule has 1 N–H and O–H groups in total. The third-order valence-corrected chi connectivity index (χ3v) is 2.06. The molecule has 1 nitrogen and oxygen atoms in total. The number of hydrogen-bond donors (Lipinski definition) is 1. The predicted octanol–water partition coefficient (Wildman–Crippen LogP) is 1.94. The van der Waals surface area contributed by atoms with Crippen LogP contribution in [0.3, 0.4) is 0 Å². The number of nitrogens with one attached hydrogen (secondary N) is 1. The van der Waals surface area contributed by atoms with Crippen LogP contribution in [0.25, 0.3) is 0 Å². The van der Waals surface area contributed by atoms with Crippen LogP contribution in [-0.4, -0.2) is 18.8 Å². The van der Waals surface area contributed by atoms with E-state index in [1.54, 1.807) is 0 Å². The molecule has 1 aliphatic rings. The first-order chi connectivity index (χ1) is 5.00. The Morgan fingerprint density at radius 1 is 1.36 bits per heavy atom. The fourth-order valence-corrected chi connectivity index (χ4v) is 1.36. The molecular weight excluding hydrogens is 155 g/mol. The molecular formula is C7H12F3N. The third kappa shape index (κ3) is 2.36. The highest BCUT2D eigenvalue weighted by Gasteiger charge is 2.41. The van der Waals surface area contributed by atoms with E-state index in [0.717, 1.165) is 6.42 Å². The molecule has 1 fully saturated rings. The smallest absolute Gasteiger partial charge is 0.306 e. The van der Waals surface area contributed by atoms with Gasteiger partial charge >= 0.3 is 6.18 Å². The van der Waals surface area contributed by atoms with Gasteiger partial charge in [-0.3, -0.25) is 0 Å². The quantitative estimate of drug-likeness (QED) is 0.581. The second-order valence-corrected chi connectivity index (χ2v) is 3.18. The zero-order valence-electron chi connectivity index (χ0n) is 6.41. The molecule has 2 atom stereocenters. The molecule has 1 unspecified atom stereocenters. The minimum atomic E-state index is -4.06. The van der Waals surface area contributed by atoms with Crippen molar-refractivity contribution < 1.29 is 13.2 Å². The second kappa shape index (κ2) is 3.01. The van der Waals surface area contributed by atoms with Gasteiger partial charge in [0.2, 0.25) is 0 Å². The van der Waals surface area contributed by atoms with Crippen molar-refractivity contribution in [3.05, 3.63) is 0 Å². The maximum Gasteiger partial charge on any atom is 0.403 e. The summed E-state index contributed by atoms with van der Waals surface area (Å²) in [5, 5.41) is 2.46. The Kier molecular flexibility index (Phi) is 2.42. The first-order valence-electron chi connectivity index (χ1n) is 3.80. The van der Waals surface area contributed by atoms with Crippen molar-refractivity contribution in [1.29, 1.82) is 0 Å². The fourth-order valence-electron chi connectivity index (χ4n) is 1.36. The van der Waals surface area contributed by atoms with Crippen LogP contribution < -0.4 is 5.32 Å². The van der Waals surface area contributed by atoms with E-state index >= 15 is 0 Å². The molecule has 0 bridgehead atoms. The van der Waals surface area contributed by atoms with Gasteiger partial charge in [-0.2, -0.15) is 13.2 Å². The van der Waals surface area contributed by atoms with Crippen LogP contribution in [0.1, 0.15) is 19.8 Å². The number of halogens is 3. The van der Waals surface area contributed by atoms with Crippen LogP contribution in [-0.2, 0) is 0 Å². The van der Waals surface area contributed by atoms with E-state index in [-0.39, 0.29) is 12.3 Å². The lowest BCUT2D eigenvalue weighted by Gasteiger charge is -2.29. The Labute approximate surface area is 64.0 Å². The number of piperidine rings is 1. The number of rotatable bonds is 0. The summed E-state index contributed by atoms with van der Waals surface area (Å²) >= 11 is 0. The number of hydrogen-bond acceptors (Lipinski definition) is 1. The highest BCUT2D eigenvalue weighted by molar-refractivity contribution is 4.81. The SMILES string of the molecule is CC1CCN[C@@H](C(F)(F)F)C1. The number of alkyl halides is 3. The van der Waals surface area contributed by atoms with E-state index < -0.39 is 12.2 Å². The third-order valence-electron chi connectivity index (χ3n) is 2.06. The van der Waals surface area contributed by atoms with Crippen LogP contribution in [0.5, 0.6) is 0 Å². The largest absolute Gasteiger partial charge is 0.403 e. The Hall–Kier alpha value is -0.250. The summed E-state index contributed by atoms with van der Waals surface area (Å²) in [5.74, 6) is 0.197. The standard InChI is InChI=1S/C7H12F3N/c1-5-2-3-11-6(4-5)7(8,9)10/h5-6,11H,2-4H2,1H3/t5?,6-/m1/s1. The summed E-state index contributed by atoms with van der Waals surface area (Å²) in [6.45, 7) is 2.35. The van der Waals surface area contributed by atoms with E-state index in [2.05, 4.69) is 5.32 Å². The van der Waals surface area contributed by atoms with E-state index in [9.17, 15) is 13.2 Å². The molecule has 1 aliphatic heterocycles. The molecule has 0 saturated carbocycles. The summed E-state index contributed by atoms with van der Waals surface area (Å²) in [4.78, 5) is 0. The van der Waals surface area contributed by atoms with Gasteiger partial charge in [0.1, 0.15) is 6.04 Å². The zero-order valence-corrected chi connectivity index (χ0v) is 6.41. The Bertz CT molecular complexity index is 132. The lowest BCUT2D eigenvalue weighted by Crippen LogP contribution is -2.47. The monoisotopic (exact) mass is 167 g/mol. The average molecular weight is 167 g/mol. The summed E-state index contributed by atoms with van der Waals surface area (Å²) in [7, 11) is 0. The van der Waals surface area contributed by atoms with Gasteiger partial charge in [-0.15, -0.1) is 0 Å². The molecule has 0 radical (unpaired) electrons. The molecule has 0 aliphatic carbocycles. The van der Waals surface area contributed by atoms with Gasteiger partial charge < -0.3 is 5.32 Å². The molecule has 0 aromatic rings. The van der Waals surface area contributed by atoms with Crippen LogP contribution >= 0.6 is 0 Å². The van der Waals surface area contributed by atoms with E-state index in [4.69, 9.17) is 0 Å². The Morgan fingerprint density at radius 3 is 2.36 bits per heavy atom. The van der Waals surface area contributed by atoms with Gasteiger partial charge in [0, 0.05) is 0 Å². The van der Waals surface area contributed by atoms with Crippen molar-refractivity contribution in [2.24, 2.45) is 5.92 Å². The van der Waals surface area contributed by atoms with Crippen molar-refractivity contribution in [3.8, 4) is 0 Å². The second-order valence-electron chi connectivity index (χ2n) is 3.18. The highest BCUT2D eigenvalue weighted by Crippen LogP contribution is 2.28. The topological polar surface area (TPSA) is 12.0 Å². The lowest BCUT2D eigenvalue weighted by molar-refractivity contribution is -0.163. The molecule has 66 valence electrons. The minimum absolute atomic E-state index is 0.197. The van der Waals surface area contributed by atoms with Gasteiger partial charge in [-0.05, 0) is 25.3 Å². The summed E-state index contributed by atoms with van der Waals surface area (Å²) < 4.78 is 36.2. The van der Waals surface area contributed by atoms with Gasteiger partial charge in [-0.1, -0.05) is 6.92 Å². The van der Waals surface area contributed by atoms with Gasteiger partial charge in [0.25, 0.3) is 0 Å². The van der Waals surface area contributed by atoms with Crippen LogP contribution in [0.15, 0.2) is 0 Å². The molecule has 4 heteroatoms. The van der Waals surface area contributed by atoms with Crippen LogP contribution in [0.2, 0.25) is 0 Å². The summed E-state index contributed by atoms with van der Waals surface area (Å²) in [6, 6.07) is -1.27. The van der Waals surface area contributed by atoms with Crippen molar-refractivity contribution in [1.82, 2.24) is 5.32 Å². The van der Waals surface area contributed by atoms with Gasteiger partial charge in [0.05, 0.1) is 0 Å². The predicted molar refractivity (Wildman–Crippen MR) is 36.2 cm³/mol. The molecule has 0 amide bonds. The maximum atomic E-state index is 12.1. The summed E-state index contributed by atoms with van der Waals surface area (Å²) in [5.41, 5.74) is 0. The molecule has 0 aromatic heterocycles. The normalized spacial score (nSPS) is 33.8. The first kappa shape index (κ1) is 8.84. The van der Waals surface area contributed by atoms with E-state index in [0.29, 0.717) is 6.54 Å². The van der Waals surface area contributed by atoms with Crippen molar-refractivity contribution >= 4 is 0 Å². The van der Waals surface area contributed by atoms with Crippen LogP contribution in [0.4, 0.5) is 13.2 Å². The molecule has 1 saturated heterocycles. The maximum absolute atomic E-state index is 12.1. The fraction of sp³-hybridized carbons (Fsp3) is 1.00. The first-order valence-corrected chi connectivity index (χ1v) is 3.80. The molecule has 0 aromatic carbocycles. The molecule has 1 rings (SSSR count). The van der Waals surface area contributed by atoms with Gasteiger partial charge in [-0.25, -0.2) is 0 Å². The summed E-state index contributed by atoms with van der Waals surface area (Å²) in [6.07, 6.45) is -2.98. The highest BCUT2D eigenvalue weighted by atomic mass is 19.4. The average Bonchev–Trinajstić information content (AvgIpc) is 1.86. The van der Waals surface area contributed by atoms with Gasteiger partial charge in [0.15, 0.2) is 0 Å². The lowest BCUT2D eigenvalue weighted by atomic mass is 9.94. The van der Waals surface area contributed by atoms with Crippen molar-refractivity contribution in [2.75, 3.05) is 6.54 Å². The molecule has 1 heterocycles. The van der Waals surface area contributed by atoms with Crippen molar-refractivity contribution in [2.45, 2.75) is 32.0 Å². The zero-order chi connectivity index (χ0) is 8.48. The molecule has 11 heavy (non-hydrogen) atoms. The minimum Gasteiger partial charge on any atom is -0.306 e. The Morgan fingerprint density at radius 2 is 2.00 bits per heavy atom. The van der Waals surface area contributed by atoms with E-state index in [1.807, 2.05) is 6.92 Å².